The largest absolute Gasteiger partial charge is 0.481 e. The van der Waals surface area contributed by atoms with E-state index in [1.54, 1.807) is 17.8 Å². The van der Waals surface area contributed by atoms with Crippen molar-refractivity contribution < 1.29 is 9.53 Å². The summed E-state index contributed by atoms with van der Waals surface area (Å²) >= 11 is 0. The Kier molecular flexibility index (Phi) is 5.09. The van der Waals surface area contributed by atoms with Gasteiger partial charge in [0.25, 0.3) is 5.91 Å². The number of nitrogens with zero attached hydrogens (tertiary/aromatic N) is 3. The number of carbonyl (C=O) groups is 1. The van der Waals surface area contributed by atoms with Crippen molar-refractivity contribution in [2.75, 3.05) is 0 Å². The number of pyridine rings is 1. The van der Waals surface area contributed by atoms with Crippen molar-refractivity contribution in [1.82, 2.24) is 20.1 Å². The summed E-state index contributed by atoms with van der Waals surface area (Å²) in [6, 6.07) is 16.9. The number of ether oxygens (including phenoxy) is 1. The number of hydrogen-bond acceptors (Lipinski definition) is 4. The van der Waals surface area contributed by atoms with Crippen molar-refractivity contribution in [3.8, 4) is 17.1 Å². The van der Waals surface area contributed by atoms with Gasteiger partial charge in [-0.1, -0.05) is 24.3 Å². The molecule has 0 fully saturated rings. The summed E-state index contributed by atoms with van der Waals surface area (Å²) in [4.78, 5) is 16.5. The lowest BCUT2D eigenvalue weighted by molar-refractivity contribution is -0.127. The first-order chi connectivity index (χ1) is 12.1. The Morgan fingerprint density at radius 1 is 1.20 bits per heavy atom. The Morgan fingerprint density at radius 3 is 2.68 bits per heavy atom. The van der Waals surface area contributed by atoms with Gasteiger partial charge in [0.05, 0.1) is 23.6 Å². The minimum absolute atomic E-state index is 0.186. The standard InChI is InChI=1S/C19H20N4O2/c1-14(25-16-8-4-3-5-9-16)19(24)21-13-15-12-18(23(2)22-15)17-10-6-7-11-20-17/h3-12,14H,13H2,1-2H3,(H,21,24)/t14-/m0/s1. The van der Waals surface area contributed by atoms with Crippen LogP contribution in [0.3, 0.4) is 0 Å². The van der Waals surface area contributed by atoms with E-state index in [4.69, 9.17) is 4.74 Å². The number of hydrogen-bond donors (Lipinski definition) is 1. The van der Waals surface area contributed by atoms with Crippen LogP contribution < -0.4 is 10.1 Å². The molecule has 6 heteroatoms. The quantitative estimate of drug-likeness (QED) is 0.751. The molecule has 0 saturated heterocycles. The smallest absolute Gasteiger partial charge is 0.261 e. The summed E-state index contributed by atoms with van der Waals surface area (Å²) in [5.74, 6) is 0.481. The summed E-state index contributed by atoms with van der Waals surface area (Å²) < 4.78 is 7.37. The molecule has 6 nitrogen and oxygen atoms in total. The fourth-order valence-electron chi connectivity index (χ4n) is 2.45. The summed E-state index contributed by atoms with van der Waals surface area (Å²) in [6.45, 7) is 2.06. The molecule has 0 aliphatic rings. The van der Waals surface area contributed by atoms with Crippen molar-refractivity contribution in [2.24, 2.45) is 7.05 Å². The highest BCUT2D eigenvalue weighted by atomic mass is 16.5. The Labute approximate surface area is 146 Å². The maximum atomic E-state index is 12.2. The van der Waals surface area contributed by atoms with Crippen LogP contribution >= 0.6 is 0 Å². The highest BCUT2D eigenvalue weighted by molar-refractivity contribution is 5.80. The zero-order valence-electron chi connectivity index (χ0n) is 14.2. The van der Waals surface area contributed by atoms with E-state index in [2.05, 4.69) is 15.4 Å². The lowest BCUT2D eigenvalue weighted by Gasteiger charge is -2.14. The van der Waals surface area contributed by atoms with Crippen molar-refractivity contribution >= 4 is 5.91 Å². The molecule has 1 aromatic carbocycles. The van der Waals surface area contributed by atoms with Crippen LogP contribution in [0, 0.1) is 0 Å². The van der Waals surface area contributed by atoms with Gasteiger partial charge >= 0.3 is 0 Å². The molecule has 1 atom stereocenters. The fraction of sp³-hybridized carbons (Fsp3) is 0.211. The first-order valence-corrected chi connectivity index (χ1v) is 8.07. The van der Waals surface area contributed by atoms with Gasteiger partial charge < -0.3 is 10.1 Å². The molecular weight excluding hydrogens is 316 g/mol. The van der Waals surface area contributed by atoms with E-state index in [-0.39, 0.29) is 5.91 Å². The average molecular weight is 336 g/mol. The van der Waals surface area contributed by atoms with Crippen LogP contribution in [-0.2, 0) is 18.4 Å². The Balaban J connectivity index is 1.59. The van der Waals surface area contributed by atoms with Gasteiger partial charge in [0.15, 0.2) is 6.10 Å². The van der Waals surface area contributed by atoms with E-state index in [1.165, 1.54) is 0 Å². The Hall–Kier alpha value is -3.15. The number of rotatable bonds is 6. The minimum atomic E-state index is -0.582. The second-order valence-electron chi connectivity index (χ2n) is 5.65. The minimum Gasteiger partial charge on any atom is -0.481 e. The van der Waals surface area contributed by atoms with Gasteiger partial charge in [-0.25, -0.2) is 0 Å². The van der Waals surface area contributed by atoms with Crippen LogP contribution in [0.1, 0.15) is 12.6 Å². The molecule has 2 aromatic heterocycles. The average Bonchev–Trinajstić information content (AvgIpc) is 3.02. The van der Waals surface area contributed by atoms with Crippen molar-refractivity contribution in [2.45, 2.75) is 19.6 Å². The van der Waals surface area contributed by atoms with Crippen LogP contribution in [0.5, 0.6) is 5.75 Å². The molecule has 1 amide bonds. The molecule has 1 N–H and O–H groups in total. The predicted molar refractivity (Wildman–Crippen MR) is 94.8 cm³/mol. The van der Waals surface area contributed by atoms with Crippen molar-refractivity contribution in [1.29, 1.82) is 0 Å². The topological polar surface area (TPSA) is 69.0 Å². The van der Waals surface area contributed by atoms with Gasteiger partial charge in [0.2, 0.25) is 0 Å². The monoisotopic (exact) mass is 336 g/mol. The number of carbonyl (C=O) groups excluding carboxylic acids is 1. The van der Waals surface area contributed by atoms with Gasteiger partial charge in [-0.05, 0) is 37.3 Å². The molecule has 25 heavy (non-hydrogen) atoms. The van der Waals surface area contributed by atoms with Gasteiger partial charge in [0, 0.05) is 13.2 Å². The predicted octanol–water partition coefficient (Wildman–Crippen LogP) is 2.57. The second-order valence-corrected chi connectivity index (χ2v) is 5.65. The van der Waals surface area contributed by atoms with Crippen molar-refractivity contribution in [3.05, 3.63) is 66.5 Å². The van der Waals surface area contributed by atoms with Crippen LogP contribution in [0.4, 0.5) is 0 Å². The maximum absolute atomic E-state index is 12.2. The number of nitrogens with one attached hydrogen (secondary N) is 1. The lowest BCUT2D eigenvalue weighted by Crippen LogP contribution is -2.36. The Bertz CT molecular complexity index is 831. The van der Waals surface area contributed by atoms with Gasteiger partial charge in [0.1, 0.15) is 5.75 Å². The number of amides is 1. The van der Waals surface area contributed by atoms with E-state index in [9.17, 15) is 4.79 Å². The van der Waals surface area contributed by atoms with Crippen LogP contribution in [-0.4, -0.2) is 26.8 Å². The molecule has 0 aliphatic carbocycles. The molecule has 0 spiro atoms. The molecule has 3 aromatic rings. The van der Waals surface area contributed by atoms with Crippen molar-refractivity contribution in [3.63, 3.8) is 0 Å². The summed E-state index contributed by atoms with van der Waals surface area (Å²) in [5, 5.41) is 7.27. The first-order valence-electron chi connectivity index (χ1n) is 8.07. The highest BCUT2D eigenvalue weighted by Crippen LogP contribution is 2.17. The zero-order chi connectivity index (χ0) is 17.6. The SMILES string of the molecule is C[C@H](Oc1ccccc1)C(=O)NCc1cc(-c2ccccn2)n(C)n1. The van der Waals surface area contributed by atoms with E-state index in [1.807, 2.05) is 61.6 Å². The third-order valence-electron chi connectivity index (χ3n) is 3.73. The molecule has 0 radical (unpaired) electrons. The lowest BCUT2D eigenvalue weighted by atomic mass is 10.2. The Morgan fingerprint density at radius 2 is 1.96 bits per heavy atom. The molecule has 128 valence electrons. The zero-order valence-corrected chi connectivity index (χ0v) is 14.2. The maximum Gasteiger partial charge on any atom is 0.261 e. The van der Waals surface area contributed by atoms with Crippen LogP contribution in [0.2, 0.25) is 0 Å². The number of para-hydroxylation sites is 1. The molecule has 0 bridgehead atoms. The van der Waals surface area contributed by atoms with Gasteiger partial charge in [-0.15, -0.1) is 0 Å². The van der Waals surface area contributed by atoms with E-state index >= 15 is 0 Å². The van der Waals surface area contributed by atoms with Crippen LogP contribution in [0.15, 0.2) is 60.8 Å². The van der Waals surface area contributed by atoms with Gasteiger partial charge in [-0.3, -0.25) is 14.5 Å². The number of aryl methyl sites for hydroxylation is 1. The highest BCUT2D eigenvalue weighted by Gasteiger charge is 2.15. The summed E-state index contributed by atoms with van der Waals surface area (Å²) in [7, 11) is 1.86. The molecule has 3 rings (SSSR count). The number of benzene rings is 1. The van der Waals surface area contributed by atoms with Gasteiger partial charge in [-0.2, -0.15) is 5.10 Å². The summed E-state index contributed by atoms with van der Waals surface area (Å²) in [6.07, 6.45) is 1.16. The molecular formula is C19H20N4O2. The number of aromatic nitrogens is 3. The summed E-state index contributed by atoms with van der Waals surface area (Å²) in [5.41, 5.74) is 2.51. The van der Waals surface area contributed by atoms with Crippen LogP contribution in [0.25, 0.3) is 11.4 Å². The fourth-order valence-corrected chi connectivity index (χ4v) is 2.45. The first kappa shape index (κ1) is 16.7. The molecule has 0 aliphatic heterocycles. The third kappa shape index (κ3) is 4.23. The third-order valence-corrected chi connectivity index (χ3v) is 3.73. The molecule has 0 unspecified atom stereocenters. The second kappa shape index (κ2) is 7.61. The van der Waals surface area contributed by atoms with E-state index < -0.39 is 6.10 Å². The normalized spacial score (nSPS) is 11.8. The van der Waals surface area contributed by atoms with E-state index in [0.29, 0.717) is 12.3 Å². The molecule has 2 heterocycles. The molecule has 0 saturated carbocycles. The van der Waals surface area contributed by atoms with E-state index in [0.717, 1.165) is 17.1 Å².